The number of nitrogens with two attached hydrogens (primary N) is 1. The van der Waals surface area contributed by atoms with Gasteiger partial charge in [-0.15, -0.1) is 0 Å². The van der Waals surface area contributed by atoms with Crippen LogP contribution >= 0.6 is 0 Å². The zero-order chi connectivity index (χ0) is 17.4. The molecule has 3 aromatic heterocycles. The molecular weight excluding hydrogens is 314 g/mol. The van der Waals surface area contributed by atoms with Crippen molar-refractivity contribution in [2.24, 2.45) is 0 Å². The van der Waals surface area contributed by atoms with Crippen LogP contribution < -0.4 is 5.73 Å². The van der Waals surface area contributed by atoms with Gasteiger partial charge in [-0.2, -0.15) is 10.4 Å². The predicted molar refractivity (Wildman–Crippen MR) is 93.8 cm³/mol. The molecule has 25 heavy (non-hydrogen) atoms. The van der Waals surface area contributed by atoms with Gasteiger partial charge in [0.1, 0.15) is 11.8 Å². The SMILES string of the molecule is Cc1ccn(-c2nc(N)c(C#N)nc2-c2ccc3ncccc3c2)n1. The summed E-state index contributed by atoms with van der Waals surface area (Å²) in [6, 6.07) is 13.5. The van der Waals surface area contributed by atoms with E-state index in [2.05, 4.69) is 20.1 Å². The summed E-state index contributed by atoms with van der Waals surface area (Å²) in [5, 5.41) is 14.6. The molecule has 0 aliphatic carbocycles. The number of nitrogens with zero attached hydrogens (tertiary/aromatic N) is 6. The third kappa shape index (κ3) is 2.56. The third-order valence-electron chi connectivity index (χ3n) is 3.83. The summed E-state index contributed by atoms with van der Waals surface area (Å²) in [7, 11) is 0. The van der Waals surface area contributed by atoms with E-state index in [0.717, 1.165) is 22.2 Å². The largest absolute Gasteiger partial charge is 0.381 e. The molecule has 0 radical (unpaired) electrons. The van der Waals surface area contributed by atoms with Crippen molar-refractivity contribution in [2.75, 3.05) is 5.73 Å². The lowest BCUT2D eigenvalue weighted by molar-refractivity contribution is 0.828. The fourth-order valence-electron chi connectivity index (χ4n) is 2.63. The molecule has 2 N–H and O–H groups in total. The van der Waals surface area contributed by atoms with Crippen LogP contribution in [0.4, 0.5) is 5.82 Å². The molecule has 0 saturated carbocycles. The number of hydrogen-bond acceptors (Lipinski definition) is 6. The van der Waals surface area contributed by atoms with Gasteiger partial charge < -0.3 is 5.73 Å². The number of pyridine rings is 1. The zero-order valence-electron chi connectivity index (χ0n) is 13.4. The molecule has 4 rings (SSSR count). The van der Waals surface area contributed by atoms with E-state index in [1.165, 1.54) is 0 Å². The highest BCUT2D eigenvalue weighted by Gasteiger charge is 2.16. The van der Waals surface area contributed by atoms with Gasteiger partial charge in [0, 0.05) is 23.3 Å². The van der Waals surface area contributed by atoms with Crippen molar-refractivity contribution in [1.29, 1.82) is 5.26 Å². The van der Waals surface area contributed by atoms with Gasteiger partial charge in [0.05, 0.1) is 11.2 Å². The Morgan fingerprint density at radius 3 is 2.80 bits per heavy atom. The highest BCUT2D eigenvalue weighted by atomic mass is 15.3. The van der Waals surface area contributed by atoms with Crippen LogP contribution in [0.2, 0.25) is 0 Å². The lowest BCUT2D eigenvalue weighted by atomic mass is 10.1. The molecule has 1 aromatic carbocycles. The van der Waals surface area contributed by atoms with Crippen LogP contribution in [0.3, 0.4) is 0 Å². The lowest BCUT2D eigenvalue weighted by Crippen LogP contribution is -2.08. The second-order valence-electron chi connectivity index (χ2n) is 5.55. The van der Waals surface area contributed by atoms with Gasteiger partial charge in [-0.25, -0.2) is 14.6 Å². The summed E-state index contributed by atoms with van der Waals surface area (Å²) in [5.74, 6) is 0.560. The maximum absolute atomic E-state index is 9.26. The Morgan fingerprint density at radius 1 is 1.16 bits per heavy atom. The van der Waals surface area contributed by atoms with Crippen molar-refractivity contribution >= 4 is 16.7 Å². The Bertz CT molecular complexity index is 1140. The van der Waals surface area contributed by atoms with E-state index in [4.69, 9.17) is 5.73 Å². The van der Waals surface area contributed by atoms with Crippen molar-refractivity contribution in [3.8, 4) is 23.1 Å². The number of nitrogen functional groups attached to an aromatic ring is 1. The molecule has 3 heterocycles. The highest BCUT2D eigenvalue weighted by Crippen LogP contribution is 2.27. The van der Waals surface area contributed by atoms with Crippen molar-refractivity contribution in [1.82, 2.24) is 24.7 Å². The Hall–Kier alpha value is -3.79. The van der Waals surface area contributed by atoms with Crippen LogP contribution in [0.1, 0.15) is 11.4 Å². The Balaban J connectivity index is 1.99. The second-order valence-corrected chi connectivity index (χ2v) is 5.55. The molecule has 0 fully saturated rings. The van der Waals surface area contributed by atoms with E-state index < -0.39 is 0 Å². The van der Waals surface area contributed by atoms with Crippen molar-refractivity contribution < 1.29 is 0 Å². The number of benzene rings is 1. The maximum atomic E-state index is 9.26. The Morgan fingerprint density at radius 2 is 2.04 bits per heavy atom. The van der Waals surface area contributed by atoms with Gasteiger partial charge >= 0.3 is 0 Å². The molecular formula is C18H13N7. The quantitative estimate of drug-likeness (QED) is 0.606. The summed E-state index contributed by atoms with van der Waals surface area (Å²) in [5.41, 5.74) is 9.04. The molecule has 0 amide bonds. The summed E-state index contributed by atoms with van der Waals surface area (Å²) in [6.07, 6.45) is 3.54. The molecule has 0 spiro atoms. The number of nitriles is 1. The molecule has 4 aromatic rings. The van der Waals surface area contributed by atoms with Crippen LogP contribution in [0.5, 0.6) is 0 Å². The van der Waals surface area contributed by atoms with E-state index in [1.807, 2.05) is 49.4 Å². The van der Waals surface area contributed by atoms with Crippen molar-refractivity contribution in [2.45, 2.75) is 6.92 Å². The monoisotopic (exact) mass is 327 g/mol. The number of rotatable bonds is 2. The van der Waals surface area contributed by atoms with Gasteiger partial charge in [0.2, 0.25) is 0 Å². The minimum atomic E-state index is 0.0804. The van der Waals surface area contributed by atoms with Crippen molar-refractivity contribution in [3.05, 3.63) is 60.2 Å². The van der Waals surface area contributed by atoms with Gasteiger partial charge in [-0.05, 0) is 31.2 Å². The normalized spacial score (nSPS) is 10.7. The first-order chi connectivity index (χ1) is 12.2. The zero-order valence-corrected chi connectivity index (χ0v) is 13.4. The summed E-state index contributed by atoms with van der Waals surface area (Å²) < 4.78 is 1.61. The van der Waals surface area contributed by atoms with Gasteiger partial charge in [-0.1, -0.05) is 12.1 Å². The lowest BCUT2D eigenvalue weighted by Gasteiger charge is -2.10. The van der Waals surface area contributed by atoms with E-state index in [1.54, 1.807) is 17.1 Å². The minimum Gasteiger partial charge on any atom is -0.381 e. The van der Waals surface area contributed by atoms with Crippen molar-refractivity contribution in [3.63, 3.8) is 0 Å². The highest BCUT2D eigenvalue weighted by molar-refractivity contribution is 5.85. The predicted octanol–water partition coefficient (Wildman–Crippen LogP) is 2.64. The average Bonchev–Trinajstić information content (AvgIpc) is 3.07. The first-order valence-corrected chi connectivity index (χ1v) is 7.61. The molecule has 7 heteroatoms. The third-order valence-corrected chi connectivity index (χ3v) is 3.83. The van der Waals surface area contributed by atoms with E-state index in [-0.39, 0.29) is 11.5 Å². The summed E-state index contributed by atoms with van der Waals surface area (Å²) in [4.78, 5) is 13.1. The van der Waals surface area contributed by atoms with Crippen LogP contribution in [-0.2, 0) is 0 Å². The van der Waals surface area contributed by atoms with Crippen LogP contribution in [-0.4, -0.2) is 24.7 Å². The maximum Gasteiger partial charge on any atom is 0.183 e. The number of aromatic nitrogens is 5. The number of fused-ring (bicyclic) bond motifs is 1. The van der Waals surface area contributed by atoms with E-state index in [0.29, 0.717) is 11.5 Å². The molecule has 0 aliphatic heterocycles. The molecule has 0 bridgehead atoms. The van der Waals surface area contributed by atoms with E-state index in [9.17, 15) is 5.26 Å². The Labute approximate surface area is 143 Å². The van der Waals surface area contributed by atoms with Crippen LogP contribution in [0, 0.1) is 18.3 Å². The molecule has 0 unspecified atom stereocenters. The second kappa shape index (κ2) is 5.69. The molecule has 0 atom stereocenters. The topological polar surface area (TPSA) is 106 Å². The summed E-state index contributed by atoms with van der Waals surface area (Å²) >= 11 is 0. The first kappa shape index (κ1) is 14.8. The molecule has 0 aliphatic rings. The number of anilines is 1. The average molecular weight is 327 g/mol. The fourth-order valence-corrected chi connectivity index (χ4v) is 2.63. The van der Waals surface area contributed by atoms with E-state index >= 15 is 0 Å². The standard InChI is InChI=1S/C18H13N7/c1-11-6-8-25(24-11)18-16(22-15(10-19)17(20)23-18)13-4-5-14-12(9-13)3-2-7-21-14/h2-9H,1H3,(H2,20,23). The van der Waals surface area contributed by atoms with Gasteiger partial charge in [0.25, 0.3) is 0 Å². The van der Waals surface area contributed by atoms with Gasteiger partial charge in [0.15, 0.2) is 17.3 Å². The van der Waals surface area contributed by atoms with Crippen LogP contribution in [0.15, 0.2) is 48.8 Å². The number of aryl methyl sites for hydroxylation is 1. The van der Waals surface area contributed by atoms with Gasteiger partial charge in [-0.3, -0.25) is 4.98 Å². The first-order valence-electron chi connectivity index (χ1n) is 7.61. The Kier molecular flexibility index (Phi) is 3.36. The smallest absolute Gasteiger partial charge is 0.183 e. The minimum absolute atomic E-state index is 0.0804. The molecule has 120 valence electrons. The fraction of sp³-hybridized carbons (Fsp3) is 0.0556. The molecule has 0 saturated heterocycles. The summed E-state index contributed by atoms with van der Waals surface area (Å²) in [6.45, 7) is 1.89. The number of hydrogen-bond donors (Lipinski definition) is 1. The molecule has 7 nitrogen and oxygen atoms in total. The van der Waals surface area contributed by atoms with Crippen LogP contribution in [0.25, 0.3) is 28.0 Å².